The van der Waals surface area contributed by atoms with Gasteiger partial charge < -0.3 is 4.90 Å². The summed E-state index contributed by atoms with van der Waals surface area (Å²) in [5.41, 5.74) is 33.5. The summed E-state index contributed by atoms with van der Waals surface area (Å²) in [6, 6.07) is 105. The molecule has 0 unspecified atom stereocenters. The Hall–Kier alpha value is -9.56. The molecule has 76 heavy (non-hydrogen) atoms. The molecule has 6 aliphatic carbocycles. The summed E-state index contributed by atoms with van der Waals surface area (Å²) in [5.74, 6) is 0. The van der Waals surface area contributed by atoms with Gasteiger partial charge in [0.2, 0.25) is 0 Å². The van der Waals surface area contributed by atoms with Gasteiger partial charge in [-0.25, -0.2) is 0 Å². The van der Waals surface area contributed by atoms with Crippen molar-refractivity contribution in [2.75, 3.05) is 4.90 Å². The third-order valence-electron chi connectivity index (χ3n) is 18.7. The Morgan fingerprint density at radius 3 is 0.934 bits per heavy atom. The average molecular weight is 960 g/mol. The van der Waals surface area contributed by atoms with E-state index in [1.165, 1.54) is 145 Å². The zero-order chi connectivity index (χ0) is 49.5. The lowest BCUT2D eigenvalue weighted by Gasteiger charge is -2.37. The Bertz CT molecular complexity index is 4410. The lowest BCUT2D eigenvalue weighted by Crippen LogP contribution is -2.28. The first-order valence-electron chi connectivity index (χ1n) is 26.8. The van der Waals surface area contributed by atoms with Crippen molar-refractivity contribution in [3.63, 3.8) is 0 Å². The molecule has 12 aromatic carbocycles. The van der Waals surface area contributed by atoms with Crippen LogP contribution >= 0.6 is 0 Å². The van der Waals surface area contributed by atoms with Crippen molar-refractivity contribution in [1.82, 2.24) is 0 Å². The zero-order valence-electron chi connectivity index (χ0n) is 41.4. The second kappa shape index (κ2) is 14.4. The van der Waals surface area contributed by atoms with Gasteiger partial charge in [0.15, 0.2) is 0 Å². The van der Waals surface area contributed by atoms with Gasteiger partial charge in [-0.1, -0.05) is 249 Å². The first-order valence-corrected chi connectivity index (χ1v) is 26.8. The smallest absolute Gasteiger partial charge is 0.0746 e. The molecule has 0 fully saturated rings. The van der Waals surface area contributed by atoms with E-state index in [0.29, 0.717) is 0 Å². The van der Waals surface area contributed by atoms with Crippen molar-refractivity contribution in [2.45, 2.75) is 16.2 Å². The molecular formula is C75H45N. The number of hydrogen-bond acceptors (Lipinski definition) is 1. The summed E-state index contributed by atoms with van der Waals surface area (Å²) in [6.07, 6.45) is 0. The highest BCUT2D eigenvalue weighted by Gasteiger charge is 2.56. The van der Waals surface area contributed by atoms with E-state index >= 15 is 0 Å². The number of fused-ring (bicyclic) bond motifs is 30. The zero-order valence-corrected chi connectivity index (χ0v) is 41.4. The third kappa shape index (κ3) is 4.56. The first kappa shape index (κ1) is 40.9. The molecule has 6 aliphatic rings. The molecule has 1 nitrogen and oxygen atoms in total. The first-order chi connectivity index (χ1) is 37.7. The normalized spacial score (nSPS) is 15.2. The van der Waals surface area contributed by atoms with E-state index in [4.69, 9.17) is 0 Å². The van der Waals surface area contributed by atoms with Crippen molar-refractivity contribution in [1.29, 1.82) is 0 Å². The quantitative estimate of drug-likeness (QED) is 0.171. The number of benzene rings is 12. The minimum absolute atomic E-state index is 0.456. The Balaban J connectivity index is 0.979. The SMILES string of the molecule is c1ccc2c(c1)-c1ccccc1C21c2ccccc2-c2cc(N(c3cccc4c3-c3ccccc3C43c4ccccc4-c4ccccc43)c3cccc4c3C3(c5ccccc5-c5ccccc53)c3ccccc3-4)ccc21. The van der Waals surface area contributed by atoms with Crippen molar-refractivity contribution >= 4 is 17.1 Å². The molecule has 0 saturated carbocycles. The highest BCUT2D eigenvalue weighted by molar-refractivity contribution is 6.05. The fourth-order valence-electron chi connectivity index (χ4n) is 16.3. The Morgan fingerprint density at radius 2 is 0.487 bits per heavy atom. The molecule has 0 aromatic heterocycles. The molecule has 0 atom stereocenters. The Labute approximate surface area is 442 Å². The molecule has 0 heterocycles. The van der Waals surface area contributed by atoms with Crippen LogP contribution in [0.2, 0.25) is 0 Å². The lowest BCUT2D eigenvalue weighted by atomic mass is 9.69. The number of rotatable bonds is 3. The van der Waals surface area contributed by atoms with Crippen molar-refractivity contribution in [3.05, 3.63) is 340 Å². The van der Waals surface area contributed by atoms with Gasteiger partial charge in [-0.15, -0.1) is 0 Å². The van der Waals surface area contributed by atoms with Crippen LogP contribution in [0.4, 0.5) is 17.1 Å². The minimum Gasteiger partial charge on any atom is -0.309 e. The maximum absolute atomic E-state index is 2.68. The topological polar surface area (TPSA) is 3.24 Å². The van der Waals surface area contributed by atoms with Crippen molar-refractivity contribution < 1.29 is 0 Å². The Kier molecular flexibility index (Phi) is 7.74. The van der Waals surface area contributed by atoms with Crippen LogP contribution in [-0.4, -0.2) is 0 Å². The molecule has 0 radical (unpaired) electrons. The highest BCUT2D eigenvalue weighted by Crippen LogP contribution is 2.69. The summed E-state index contributed by atoms with van der Waals surface area (Å²) in [6.45, 7) is 0. The van der Waals surface area contributed by atoms with Gasteiger partial charge in [-0.3, -0.25) is 0 Å². The van der Waals surface area contributed by atoms with Crippen LogP contribution in [0.15, 0.2) is 273 Å². The van der Waals surface area contributed by atoms with E-state index in [0.717, 1.165) is 5.69 Å². The average Bonchev–Trinajstić information content (AvgIpc) is 4.46. The lowest BCUT2D eigenvalue weighted by molar-refractivity contribution is 0.790. The summed E-state index contributed by atoms with van der Waals surface area (Å²) < 4.78 is 0. The molecule has 18 rings (SSSR count). The molecule has 1 heteroatoms. The molecule has 0 N–H and O–H groups in total. The van der Waals surface area contributed by atoms with Crippen LogP contribution in [-0.2, 0) is 16.2 Å². The van der Waals surface area contributed by atoms with Gasteiger partial charge in [-0.05, 0) is 147 Å². The van der Waals surface area contributed by atoms with Crippen LogP contribution in [0.5, 0.6) is 0 Å². The van der Waals surface area contributed by atoms with E-state index in [1.807, 2.05) is 0 Å². The van der Waals surface area contributed by atoms with Crippen LogP contribution in [0.25, 0.3) is 66.8 Å². The van der Waals surface area contributed by atoms with Crippen LogP contribution in [0.1, 0.15) is 66.8 Å². The predicted molar refractivity (Wildman–Crippen MR) is 310 cm³/mol. The van der Waals surface area contributed by atoms with Crippen LogP contribution in [0, 0.1) is 0 Å². The van der Waals surface area contributed by atoms with E-state index < -0.39 is 16.2 Å². The van der Waals surface area contributed by atoms with Crippen molar-refractivity contribution in [2.24, 2.45) is 0 Å². The van der Waals surface area contributed by atoms with E-state index in [-0.39, 0.29) is 0 Å². The minimum atomic E-state index is -0.584. The number of anilines is 3. The number of nitrogens with zero attached hydrogens (tertiary/aromatic N) is 1. The monoisotopic (exact) mass is 959 g/mol. The van der Waals surface area contributed by atoms with Gasteiger partial charge in [0.25, 0.3) is 0 Å². The largest absolute Gasteiger partial charge is 0.309 e. The van der Waals surface area contributed by atoms with Crippen molar-refractivity contribution in [3.8, 4) is 66.8 Å². The fourth-order valence-corrected chi connectivity index (χ4v) is 16.3. The fraction of sp³-hybridized carbons (Fsp3) is 0.0400. The maximum Gasteiger partial charge on any atom is 0.0746 e. The predicted octanol–water partition coefficient (Wildman–Crippen LogP) is 18.2. The Morgan fingerprint density at radius 1 is 0.197 bits per heavy atom. The molecular weight excluding hydrogens is 915 g/mol. The standard InChI is InChI=1S/C75H45N/c1-10-31-58-47(21-1)48-22-2-11-32-59(48)73(58)62-35-14-8-28-54(62)57-45-46(43-44-67(57)73)76(69-41-20-40-68-71(69)56-29-9-18-39-66(56)74(68)60-33-12-3-23-49(60)50-24-4-13-34-61(50)74)70-42-19-30-55-53-27-7-17-38-65(53)75(72(55)70)63-36-15-5-25-51(63)52-26-6-16-37-64(52)75/h1-45H. The van der Waals surface area contributed by atoms with E-state index in [1.54, 1.807) is 0 Å². The summed E-state index contributed by atoms with van der Waals surface area (Å²) in [7, 11) is 0. The number of hydrogen-bond donors (Lipinski definition) is 0. The molecule has 3 spiro atoms. The van der Waals surface area contributed by atoms with Gasteiger partial charge in [-0.2, -0.15) is 0 Å². The maximum atomic E-state index is 2.68. The third-order valence-corrected chi connectivity index (χ3v) is 18.7. The highest BCUT2D eigenvalue weighted by atomic mass is 15.2. The summed E-state index contributed by atoms with van der Waals surface area (Å²) >= 11 is 0. The van der Waals surface area contributed by atoms with Crippen LogP contribution in [0.3, 0.4) is 0 Å². The van der Waals surface area contributed by atoms with Gasteiger partial charge in [0.05, 0.1) is 27.6 Å². The van der Waals surface area contributed by atoms with E-state index in [2.05, 4.69) is 278 Å². The second-order valence-electron chi connectivity index (χ2n) is 21.6. The molecule has 0 saturated heterocycles. The summed E-state index contributed by atoms with van der Waals surface area (Å²) in [5, 5.41) is 0. The molecule has 0 aliphatic heterocycles. The second-order valence-corrected chi connectivity index (χ2v) is 21.6. The molecule has 0 bridgehead atoms. The van der Waals surface area contributed by atoms with E-state index in [9.17, 15) is 0 Å². The molecule has 0 amide bonds. The van der Waals surface area contributed by atoms with Gasteiger partial charge in [0, 0.05) is 16.8 Å². The summed E-state index contributed by atoms with van der Waals surface area (Å²) in [4.78, 5) is 2.68. The molecule has 12 aromatic rings. The van der Waals surface area contributed by atoms with Crippen LogP contribution < -0.4 is 4.90 Å². The van der Waals surface area contributed by atoms with Gasteiger partial charge >= 0.3 is 0 Å². The van der Waals surface area contributed by atoms with Gasteiger partial charge in [0.1, 0.15) is 0 Å². The molecule has 350 valence electrons.